The lowest BCUT2D eigenvalue weighted by atomic mass is 10.2. The molecule has 1 heterocycles. The molecule has 0 spiro atoms. The Balaban J connectivity index is 1.86. The van der Waals surface area contributed by atoms with Gasteiger partial charge in [0.15, 0.2) is 4.34 Å². The number of halogens is 1. The van der Waals surface area contributed by atoms with Gasteiger partial charge in [-0.2, -0.15) is 0 Å². The average Bonchev–Trinajstić information content (AvgIpc) is 2.95. The molecule has 0 fully saturated rings. The van der Waals surface area contributed by atoms with Crippen LogP contribution in [-0.4, -0.2) is 36.9 Å². The molecule has 0 radical (unpaired) electrons. The molecule has 1 amide bonds. The second-order valence-electron chi connectivity index (χ2n) is 4.14. The summed E-state index contributed by atoms with van der Waals surface area (Å²) in [6, 6.07) is 6.20. The van der Waals surface area contributed by atoms with Gasteiger partial charge in [-0.25, -0.2) is 9.37 Å². The summed E-state index contributed by atoms with van der Waals surface area (Å²) >= 11 is 2.86. The highest BCUT2D eigenvalue weighted by atomic mass is 32.2. The third-order valence-electron chi connectivity index (χ3n) is 2.58. The van der Waals surface area contributed by atoms with Crippen molar-refractivity contribution in [2.45, 2.75) is 4.34 Å². The van der Waals surface area contributed by atoms with Crippen molar-refractivity contribution >= 4 is 29.0 Å². The van der Waals surface area contributed by atoms with Crippen LogP contribution in [0.5, 0.6) is 0 Å². The van der Waals surface area contributed by atoms with Crippen molar-refractivity contribution < 1.29 is 13.9 Å². The fourth-order valence-electron chi connectivity index (χ4n) is 1.55. The van der Waals surface area contributed by atoms with Crippen molar-refractivity contribution in [2.75, 3.05) is 26.0 Å². The van der Waals surface area contributed by atoms with Gasteiger partial charge in [-0.1, -0.05) is 11.8 Å². The summed E-state index contributed by atoms with van der Waals surface area (Å²) in [6.07, 6.45) is 0. The van der Waals surface area contributed by atoms with Crippen LogP contribution in [0.1, 0.15) is 0 Å². The lowest BCUT2D eigenvalue weighted by Gasteiger charge is -2.02. The Morgan fingerprint density at radius 3 is 2.90 bits per heavy atom. The molecule has 0 aliphatic heterocycles. The summed E-state index contributed by atoms with van der Waals surface area (Å²) in [5, 5.41) is 4.65. The Bertz CT molecular complexity index is 587. The van der Waals surface area contributed by atoms with Gasteiger partial charge >= 0.3 is 0 Å². The highest BCUT2D eigenvalue weighted by Gasteiger charge is 2.08. The van der Waals surface area contributed by atoms with E-state index in [0.717, 1.165) is 15.6 Å². The standard InChI is InChI=1S/C14H15FN2O2S2/c1-19-7-6-16-13(18)9-21-14-17-12(8-20-14)10-2-4-11(15)5-3-10/h2-5,8H,6-7,9H2,1H3,(H,16,18). The maximum atomic E-state index is 12.9. The number of nitrogens with one attached hydrogen (secondary N) is 1. The first kappa shape index (κ1) is 15.9. The van der Waals surface area contributed by atoms with Crippen molar-refractivity contribution in [1.29, 1.82) is 0 Å². The number of ether oxygens (including phenoxy) is 1. The highest BCUT2D eigenvalue weighted by Crippen LogP contribution is 2.28. The molecule has 7 heteroatoms. The molecule has 0 aliphatic rings. The van der Waals surface area contributed by atoms with Gasteiger partial charge in [0.25, 0.3) is 0 Å². The molecule has 112 valence electrons. The van der Waals surface area contributed by atoms with E-state index in [9.17, 15) is 9.18 Å². The van der Waals surface area contributed by atoms with E-state index in [2.05, 4.69) is 10.3 Å². The lowest BCUT2D eigenvalue weighted by Crippen LogP contribution is -2.28. The zero-order chi connectivity index (χ0) is 15.1. The number of thiazole rings is 1. The number of nitrogens with zero attached hydrogens (tertiary/aromatic N) is 1. The van der Waals surface area contributed by atoms with Gasteiger partial charge in [0.2, 0.25) is 5.91 Å². The predicted octanol–water partition coefficient (Wildman–Crippen LogP) is 2.80. The molecule has 21 heavy (non-hydrogen) atoms. The molecule has 2 rings (SSSR count). The number of methoxy groups -OCH3 is 1. The van der Waals surface area contributed by atoms with E-state index in [1.807, 2.05) is 5.38 Å². The molecule has 0 unspecified atom stereocenters. The molecule has 0 saturated carbocycles. The number of benzene rings is 1. The van der Waals surface area contributed by atoms with Crippen molar-refractivity contribution in [1.82, 2.24) is 10.3 Å². The number of amides is 1. The molecule has 0 saturated heterocycles. The first-order chi connectivity index (χ1) is 10.2. The van der Waals surface area contributed by atoms with E-state index in [1.54, 1.807) is 19.2 Å². The van der Waals surface area contributed by atoms with Crippen molar-refractivity contribution in [3.63, 3.8) is 0 Å². The fourth-order valence-corrected chi connectivity index (χ4v) is 3.21. The molecule has 0 atom stereocenters. The Morgan fingerprint density at radius 1 is 1.43 bits per heavy atom. The topological polar surface area (TPSA) is 51.2 Å². The molecular formula is C14H15FN2O2S2. The SMILES string of the molecule is COCCNC(=O)CSc1nc(-c2ccc(F)cc2)cs1. The fraction of sp³-hybridized carbons (Fsp3) is 0.286. The smallest absolute Gasteiger partial charge is 0.230 e. The predicted molar refractivity (Wildman–Crippen MR) is 83.1 cm³/mol. The molecule has 0 bridgehead atoms. The van der Waals surface area contributed by atoms with E-state index in [4.69, 9.17) is 4.74 Å². The van der Waals surface area contributed by atoms with Crippen LogP contribution in [0.2, 0.25) is 0 Å². The van der Waals surface area contributed by atoms with Crippen LogP contribution in [0, 0.1) is 5.82 Å². The number of carbonyl (C=O) groups is 1. The Kier molecular flexibility index (Phi) is 6.16. The van der Waals surface area contributed by atoms with Gasteiger partial charge in [0, 0.05) is 24.6 Å². The summed E-state index contributed by atoms with van der Waals surface area (Å²) < 4.78 is 18.5. The Hall–Kier alpha value is -1.44. The van der Waals surface area contributed by atoms with E-state index in [0.29, 0.717) is 18.9 Å². The van der Waals surface area contributed by atoms with Gasteiger partial charge in [0.1, 0.15) is 5.82 Å². The summed E-state index contributed by atoms with van der Waals surface area (Å²) in [4.78, 5) is 16.0. The minimum Gasteiger partial charge on any atom is -0.383 e. The number of aromatic nitrogens is 1. The minimum atomic E-state index is -0.267. The largest absolute Gasteiger partial charge is 0.383 e. The molecule has 1 aromatic heterocycles. The van der Waals surface area contributed by atoms with E-state index in [-0.39, 0.29) is 11.7 Å². The lowest BCUT2D eigenvalue weighted by molar-refractivity contribution is -0.118. The second kappa shape index (κ2) is 8.11. The minimum absolute atomic E-state index is 0.0458. The molecule has 1 aromatic carbocycles. The molecule has 4 nitrogen and oxygen atoms in total. The van der Waals surface area contributed by atoms with Crippen LogP contribution in [0.4, 0.5) is 4.39 Å². The third-order valence-corrected chi connectivity index (χ3v) is 4.60. The van der Waals surface area contributed by atoms with Gasteiger partial charge in [-0.15, -0.1) is 11.3 Å². The summed E-state index contributed by atoms with van der Waals surface area (Å²) in [5.74, 6) is 0.00646. The summed E-state index contributed by atoms with van der Waals surface area (Å²) in [7, 11) is 1.59. The monoisotopic (exact) mass is 326 g/mol. The zero-order valence-electron chi connectivity index (χ0n) is 11.5. The highest BCUT2D eigenvalue weighted by molar-refractivity contribution is 8.01. The van der Waals surface area contributed by atoms with Gasteiger partial charge in [0.05, 0.1) is 18.1 Å². The average molecular weight is 326 g/mol. The normalized spacial score (nSPS) is 10.6. The van der Waals surface area contributed by atoms with E-state index in [1.165, 1.54) is 35.2 Å². The maximum absolute atomic E-state index is 12.9. The van der Waals surface area contributed by atoms with Crippen molar-refractivity contribution in [3.05, 3.63) is 35.5 Å². The first-order valence-electron chi connectivity index (χ1n) is 6.29. The van der Waals surface area contributed by atoms with Crippen LogP contribution in [0.25, 0.3) is 11.3 Å². The first-order valence-corrected chi connectivity index (χ1v) is 8.15. The number of hydrogen-bond donors (Lipinski definition) is 1. The number of hydrogen-bond acceptors (Lipinski definition) is 5. The van der Waals surface area contributed by atoms with Crippen molar-refractivity contribution in [2.24, 2.45) is 0 Å². The maximum Gasteiger partial charge on any atom is 0.230 e. The van der Waals surface area contributed by atoms with E-state index < -0.39 is 0 Å². The molecular weight excluding hydrogens is 311 g/mol. The summed E-state index contributed by atoms with van der Waals surface area (Å²) in [5.41, 5.74) is 1.66. The van der Waals surface area contributed by atoms with Crippen LogP contribution in [0.15, 0.2) is 34.0 Å². The number of rotatable bonds is 7. The zero-order valence-corrected chi connectivity index (χ0v) is 13.1. The third kappa shape index (κ3) is 5.11. The number of thioether (sulfide) groups is 1. The van der Waals surface area contributed by atoms with Crippen molar-refractivity contribution in [3.8, 4) is 11.3 Å². The summed E-state index contributed by atoms with van der Waals surface area (Å²) in [6.45, 7) is 1.01. The molecule has 1 N–H and O–H groups in total. The molecule has 0 aliphatic carbocycles. The van der Waals surface area contributed by atoms with Gasteiger partial charge in [-0.3, -0.25) is 4.79 Å². The van der Waals surface area contributed by atoms with Crippen LogP contribution in [0.3, 0.4) is 0 Å². The van der Waals surface area contributed by atoms with E-state index >= 15 is 0 Å². The molecule has 2 aromatic rings. The quantitative estimate of drug-likeness (QED) is 0.628. The van der Waals surface area contributed by atoms with Gasteiger partial charge in [-0.05, 0) is 24.3 Å². The number of carbonyl (C=O) groups excluding carboxylic acids is 1. The second-order valence-corrected chi connectivity index (χ2v) is 6.22. The van der Waals surface area contributed by atoms with Gasteiger partial charge < -0.3 is 10.1 Å². The Morgan fingerprint density at radius 2 is 2.19 bits per heavy atom. The van der Waals surface area contributed by atoms with Crippen LogP contribution < -0.4 is 5.32 Å². The van der Waals surface area contributed by atoms with Crippen LogP contribution >= 0.6 is 23.1 Å². The Labute approximate surface area is 130 Å². The van der Waals surface area contributed by atoms with Crippen LogP contribution in [-0.2, 0) is 9.53 Å².